The number of ether oxygens (including phenoxy) is 1. The number of nitro benzene ring substituents is 1. The molecule has 0 aromatic heterocycles. The number of anilines is 1. The van der Waals surface area contributed by atoms with Crippen molar-refractivity contribution in [1.29, 1.82) is 0 Å². The Balaban J connectivity index is 2.08. The number of rotatable bonds is 5. The lowest BCUT2D eigenvalue weighted by molar-refractivity contribution is -0.384. The van der Waals surface area contributed by atoms with E-state index in [4.69, 9.17) is 10.6 Å². The predicted molar refractivity (Wildman–Crippen MR) is 76.2 cm³/mol. The Morgan fingerprint density at radius 2 is 2.20 bits per heavy atom. The molecular weight excluding hydrogens is 260 g/mol. The van der Waals surface area contributed by atoms with Gasteiger partial charge in [0.05, 0.1) is 16.7 Å². The third-order valence-electron chi connectivity index (χ3n) is 3.72. The molecule has 1 saturated heterocycles. The summed E-state index contributed by atoms with van der Waals surface area (Å²) < 4.78 is 5.34. The smallest absolute Gasteiger partial charge is 0.269 e. The summed E-state index contributed by atoms with van der Waals surface area (Å²) in [6.07, 6.45) is 2.29. The van der Waals surface area contributed by atoms with Crippen LogP contribution < -0.4 is 11.3 Å². The molecule has 0 saturated carbocycles. The summed E-state index contributed by atoms with van der Waals surface area (Å²) in [7, 11) is 1.73. The number of nitrogen functional groups attached to an aromatic ring is 1. The maximum absolute atomic E-state index is 10.9. The Morgan fingerprint density at radius 1 is 1.50 bits per heavy atom. The predicted octanol–water partition coefficient (Wildman–Crippen LogP) is 1.49. The quantitative estimate of drug-likeness (QED) is 0.482. The minimum absolute atomic E-state index is 0.0887. The van der Waals surface area contributed by atoms with Crippen molar-refractivity contribution in [2.75, 3.05) is 25.6 Å². The van der Waals surface area contributed by atoms with E-state index in [2.05, 4.69) is 10.3 Å². The summed E-state index contributed by atoms with van der Waals surface area (Å²) in [4.78, 5) is 12.7. The standard InChI is InChI=1S/C13H20N4O3/c1-20-12-4-6-16(7-5-12)9-10-8-11(17(18)19)2-3-13(10)15-14/h2-3,8,12,15H,4-7,9,14H2,1H3. The molecule has 1 heterocycles. The second-order valence-electron chi connectivity index (χ2n) is 4.95. The van der Waals surface area contributed by atoms with Crippen LogP contribution in [0.2, 0.25) is 0 Å². The molecule has 0 unspecified atom stereocenters. The monoisotopic (exact) mass is 280 g/mol. The first kappa shape index (κ1) is 14.7. The Bertz CT molecular complexity index is 473. The van der Waals surface area contributed by atoms with Crippen molar-refractivity contribution in [3.8, 4) is 0 Å². The van der Waals surface area contributed by atoms with Crippen molar-refractivity contribution >= 4 is 11.4 Å². The van der Waals surface area contributed by atoms with E-state index in [0.29, 0.717) is 12.6 Å². The molecule has 0 aliphatic carbocycles. The van der Waals surface area contributed by atoms with E-state index in [-0.39, 0.29) is 10.6 Å². The van der Waals surface area contributed by atoms with E-state index < -0.39 is 0 Å². The zero-order valence-electron chi connectivity index (χ0n) is 11.5. The largest absolute Gasteiger partial charge is 0.381 e. The first-order valence-electron chi connectivity index (χ1n) is 6.63. The number of hydrogen-bond donors (Lipinski definition) is 2. The lowest BCUT2D eigenvalue weighted by Gasteiger charge is -2.31. The molecular formula is C13H20N4O3. The van der Waals surface area contributed by atoms with Gasteiger partial charge in [-0.05, 0) is 24.5 Å². The van der Waals surface area contributed by atoms with Gasteiger partial charge in [-0.2, -0.15) is 0 Å². The molecule has 1 aliphatic rings. The van der Waals surface area contributed by atoms with Gasteiger partial charge in [0.25, 0.3) is 5.69 Å². The first-order valence-corrected chi connectivity index (χ1v) is 6.63. The Hall–Kier alpha value is -1.70. The van der Waals surface area contributed by atoms with Crippen molar-refractivity contribution in [1.82, 2.24) is 4.90 Å². The molecule has 0 bridgehead atoms. The molecule has 3 N–H and O–H groups in total. The molecule has 0 radical (unpaired) electrons. The van der Waals surface area contributed by atoms with Crippen LogP contribution in [-0.2, 0) is 11.3 Å². The lowest BCUT2D eigenvalue weighted by atomic mass is 10.1. The summed E-state index contributed by atoms with van der Waals surface area (Å²) >= 11 is 0. The van der Waals surface area contributed by atoms with Gasteiger partial charge in [-0.25, -0.2) is 0 Å². The van der Waals surface area contributed by atoms with Crippen LogP contribution in [0.1, 0.15) is 18.4 Å². The molecule has 0 amide bonds. The van der Waals surface area contributed by atoms with Gasteiger partial charge >= 0.3 is 0 Å². The second kappa shape index (κ2) is 6.65. The fourth-order valence-corrected chi connectivity index (χ4v) is 2.51. The third-order valence-corrected chi connectivity index (χ3v) is 3.72. The van der Waals surface area contributed by atoms with Gasteiger partial charge in [0.1, 0.15) is 0 Å². The normalized spacial score (nSPS) is 17.1. The summed E-state index contributed by atoms with van der Waals surface area (Å²) in [5.41, 5.74) is 4.26. The van der Waals surface area contributed by atoms with Crippen LogP contribution in [-0.4, -0.2) is 36.1 Å². The molecule has 7 nitrogen and oxygen atoms in total. The van der Waals surface area contributed by atoms with E-state index in [0.717, 1.165) is 37.2 Å². The molecule has 0 atom stereocenters. The van der Waals surface area contributed by atoms with Crippen LogP contribution in [0.15, 0.2) is 18.2 Å². The molecule has 7 heteroatoms. The van der Waals surface area contributed by atoms with E-state index in [9.17, 15) is 10.1 Å². The number of nitro groups is 1. The fourth-order valence-electron chi connectivity index (χ4n) is 2.51. The minimum Gasteiger partial charge on any atom is -0.381 e. The molecule has 110 valence electrons. The SMILES string of the molecule is COC1CCN(Cc2cc([N+](=O)[O-])ccc2NN)CC1. The highest BCUT2D eigenvalue weighted by atomic mass is 16.6. The summed E-state index contributed by atoms with van der Waals surface area (Å²) in [5.74, 6) is 5.47. The number of hydrazine groups is 1. The second-order valence-corrected chi connectivity index (χ2v) is 4.95. The maximum atomic E-state index is 10.9. The van der Waals surface area contributed by atoms with Crippen molar-refractivity contribution in [3.05, 3.63) is 33.9 Å². The molecule has 20 heavy (non-hydrogen) atoms. The van der Waals surface area contributed by atoms with E-state index >= 15 is 0 Å². The van der Waals surface area contributed by atoms with Crippen LogP contribution >= 0.6 is 0 Å². The summed E-state index contributed by atoms with van der Waals surface area (Å²) in [6.45, 7) is 2.49. The molecule has 1 fully saturated rings. The lowest BCUT2D eigenvalue weighted by Crippen LogP contribution is -2.36. The molecule has 2 rings (SSSR count). The highest BCUT2D eigenvalue weighted by Gasteiger charge is 2.20. The van der Waals surface area contributed by atoms with Gasteiger partial charge < -0.3 is 10.2 Å². The van der Waals surface area contributed by atoms with Gasteiger partial charge in [0.15, 0.2) is 0 Å². The van der Waals surface area contributed by atoms with Crippen molar-refractivity contribution in [2.24, 2.45) is 5.84 Å². The minimum atomic E-state index is -0.388. The summed E-state index contributed by atoms with van der Waals surface area (Å²) in [5, 5.41) is 10.9. The topological polar surface area (TPSA) is 93.7 Å². The first-order chi connectivity index (χ1) is 9.63. The maximum Gasteiger partial charge on any atom is 0.269 e. The molecule has 1 aromatic rings. The van der Waals surface area contributed by atoms with Crippen molar-refractivity contribution in [2.45, 2.75) is 25.5 Å². The Morgan fingerprint density at radius 3 is 2.75 bits per heavy atom. The number of methoxy groups -OCH3 is 1. The highest BCUT2D eigenvalue weighted by molar-refractivity contribution is 5.55. The van der Waals surface area contributed by atoms with Gasteiger partial charge in [0.2, 0.25) is 0 Å². The number of benzene rings is 1. The number of nitrogens with one attached hydrogen (secondary N) is 1. The van der Waals surface area contributed by atoms with Gasteiger partial charge in [-0.3, -0.25) is 20.9 Å². The number of hydrogen-bond acceptors (Lipinski definition) is 6. The van der Waals surface area contributed by atoms with Crippen LogP contribution in [0.3, 0.4) is 0 Å². The number of nitrogens with two attached hydrogens (primary N) is 1. The molecule has 1 aliphatic heterocycles. The van der Waals surface area contributed by atoms with Crippen LogP contribution in [0, 0.1) is 10.1 Å². The number of piperidine rings is 1. The summed E-state index contributed by atoms with van der Waals surface area (Å²) in [6, 6.07) is 4.68. The van der Waals surface area contributed by atoms with Crippen molar-refractivity contribution < 1.29 is 9.66 Å². The zero-order chi connectivity index (χ0) is 14.5. The van der Waals surface area contributed by atoms with Crippen LogP contribution in [0.25, 0.3) is 0 Å². The Kier molecular flexibility index (Phi) is 4.89. The number of non-ortho nitro benzene ring substituents is 1. The zero-order valence-corrected chi connectivity index (χ0v) is 11.5. The van der Waals surface area contributed by atoms with Gasteiger partial charge in [0, 0.05) is 38.9 Å². The average molecular weight is 280 g/mol. The number of nitrogens with zero attached hydrogens (tertiary/aromatic N) is 2. The number of likely N-dealkylation sites (tertiary alicyclic amines) is 1. The molecule has 0 spiro atoms. The van der Waals surface area contributed by atoms with E-state index in [1.807, 2.05) is 0 Å². The third kappa shape index (κ3) is 3.44. The fraction of sp³-hybridized carbons (Fsp3) is 0.538. The van der Waals surface area contributed by atoms with Gasteiger partial charge in [-0.1, -0.05) is 0 Å². The van der Waals surface area contributed by atoms with Gasteiger partial charge in [-0.15, -0.1) is 0 Å². The Labute approximate surface area is 117 Å². The van der Waals surface area contributed by atoms with E-state index in [1.165, 1.54) is 6.07 Å². The van der Waals surface area contributed by atoms with Crippen molar-refractivity contribution in [3.63, 3.8) is 0 Å². The molecule has 1 aromatic carbocycles. The van der Waals surface area contributed by atoms with Crippen LogP contribution in [0.5, 0.6) is 0 Å². The van der Waals surface area contributed by atoms with E-state index in [1.54, 1.807) is 19.2 Å². The highest BCUT2D eigenvalue weighted by Crippen LogP contribution is 2.24. The average Bonchev–Trinajstić information content (AvgIpc) is 2.48. The van der Waals surface area contributed by atoms with Crippen LogP contribution in [0.4, 0.5) is 11.4 Å².